The minimum atomic E-state index is -0.428. The summed E-state index contributed by atoms with van der Waals surface area (Å²) in [6, 6.07) is 5.02. The second-order valence-corrected chi connectivity index (χ2v) is 5.61. The highest BCUT2D eigenvalue weighted by Crippen LogP contribution is 2.38. The molecule has 0 heterocycles. The summed E-state index contributed by atoms with van der Waals surface area (Å²) in [4.78, 5) is 12.3. The molecule has 0 saturated heterocycles. The summed E-state index contributed by atoms with van der Waals surface area (Å²) in [5.41, 5.74) is 5.93. The van der Waals surface area contributed by atoms with Gasteiger partial charge in [-0.1, -0.05) is 36.0 Å². The lowest BCUT2D eigenvalue weighted by molar-refractivity contribution is -0.124. The number of amides is 1. The van der Waals surface area contributed by atoms with Crippen LogP contribution in [0.25, 0.3) is 0 Å². The molecule has 0 unspecified atom stereocenters. The molecule has 98 valence electrons. The largest absolute Gasteiger partial charge is 0.329 e. The van der Waals surface area contributed by atoms with Crippen molar-refractivity contribution >= 4 is 34.8 Å². The minimum absolute atomic E-state index is 0.0354. The monoisotopic (exact) mass is 286 g/mol. The Bertz CT molecular complexity index is 456. The fourth-order valence-electron chi connectivity index (χ4n) is 2.42. The van der Waals surface area contributed by atoms with Crippen LogP contribution in [0.1, 0.15) is 25.7 Å². The molecule has 0 spiro atoms. The Hall–Kier alpha value is -0.770. The van der Waals surface area contributed by atoms with Crippen LogP contribution in [0.2, 0.25) is 10.0 Å². The van der Waals surface area contributed by atoms with Gasteiger partial charge in [-0.15, -0.1) is 0 Å². The van der Waals surface area contributed by atoms with Crippen LogP contribution < -0.4 is 11.1 Å². The first-order valence-electron chi connectivity index (χ1n) is 6.04. The smallest absolute Gasteiger partial charge is 0.231 e. The molecule has 1 amide bonds. The van der Waals surface area contributed by atoms with Gasteiger partial charge in [-0.25, -0.2) is 0 Å². The van der Waals surface area contributed by atoms with Gasteiger partial charge in [-0.2, -0.15) is 0 Å². The molecule has 0 radical (unpaired) electrons. The zero-order valence-electron chi connectivity index (χ0n) is 10.0. The van der Waals surface area contributed by atoms with E-state index in [9.17, 15) is 4.79 Å². The molecule has 0 bridgehead atoms. The third-order valence-corrected chi connectivity index (χ3v) is 4.16. The van der Waals surface area contributed by atoms with Crippen molar-refractivity contribution in [3.8, 4) is 0 Å². The maximum atomic E-state index is 12.3. The van der Waals surface area contributed by atoms with Gasteiger partial charge in [-0.05, 0) is 31.0 Å². The zero-order chi connectivity index (χ0) is 13.2. The van der Waals surface area contributed by atoms with E-state index in [1.54, 1.807) is 18.2 Å². The summed E-state index contributed by atoms with van der Waals surface area (Å²) in [5.74, 6) is -0.0354. The summed E-state index contributed by atoms with van der Waals surface area (Å²) in [6.07, 6.45) is 3.80. The van der Waals surface area contributed by atoms with E-state index in [1.165, 1.54) is 0 Å². The number of anilines is 1. The Morgan fingerprint density at radius 3 is 2.56 bits per heavy atom. The summed E-state index contributed by atoms with van der Waals surface area (Å²) in [7, 11) is 0. The van der Waals surface area contributed by atoms with Crippen molar-refractivity contribution in [1.29, 1.82) is 0 Å². The number of hydrogen-bond acceptors (Lipinski definition) is 2. The standard InChI is InChI=1S/C13H16Cl2N2O/c14-9-3-4-11(10(15)7-9)17-12(18)13(8-16)5-1-2-6-13/h3-4,7H,1-2,5-6,8,16H2,(H,17,18). The molecule has 0 aliphatic heterocycles. The maximum Gasteiger partial charge on any atom is 0.231 e. The topological polar surface area (TPSA) is 55.1 Å². The molecule has 5 heteroatoms. The van der Waals surface area contributed by atoms with Crippen molar-refractivity contribution in [3.63, 3.8) is 0 Å². The highest BCUT2D eigenvalue weighted by atomic mass is 35.5. The molecule has 3 N–H and O–H groups in total. The van der Waals surface area contributed by atoms with Crippen molar-refractivity contribution in [2.45, 2.75) is 25.7 Å². The Labute approximate surface area is 117 Å². The fourth-order valence-corrected chi connectivity index (χ4v) is 2.88. The second-order valence-electron chi connectivity index (χ2n) is 4.77. The van der Waals surface area contributed by atoms with Crippen LogP contribution in [0.15, 0.2) is 18.2 Å². The van der Waals surface area contributed by atoms with E-state index in [1.807, 2.05) is 0 Å². The summed E-state index contributed by atoms with van der Waals surface area (Å²) in [6.45, 7) is 0.379. The van der Waals surface area contributed by atoms with Gasteiger partial charge in [0.25, 0.3) is 0 Å². The van der Waals surface area contributed by atoms with Crippen LogP contribution in [0, 0.1) is 5.41 Å². The van der Waals surface area contributed by atoms with E-state index in [-0.39, 0.29) is 5.91 Å². The highest BCUT2D eigenvalue weighted by molar-refractivity contribution is 6.36. The van der Waals surface area contributed by atoms with Crippen molar-refractivity contribution in [3.05, 3.63) is 28.2 Å². The van der Waals surface area contributed by atoms with E-state index in [0.717, 1.165) is 25.7 Å². The van der Waals surface area contributed by atoms with Crippen LogP contribution in [0.3, 0.4) is 0 Å². The lowest BCUT2D eigenvalue weighted by atomic mass is 9.85. The van der Waals surface area contributed by atoms with Crippen LogP contribution in [0.4, 0.5) is 5.69 Å². The molecular weight excluding hydrogens is 271 g/mol. The van der Waals surface area contributed by atoms with Crippen LogP contribution in [0.5, 0.6) is 0 Å². The number of rotatable bonds is 3. The van der Waals surface area contributed by atoms with Gasteiger partial charge >= 0.3 is 0 Å². The Balaban J connectivity index is 2.15. The first-order chi connectivity index (χ1) is 8.57. The van der Waals surface area contributed by atoms with Gasteiger partial charge in [-0.3, -0.25) is 4.79 Å². The average Bonchev–Trinajstić information content (AvgIpc) is 2.82. The van der Waals surface area contributed by atoms with Gasteiger partial charge in [0.2, 0.25) is 5.91 Å². The molecule has 1 aromatic carbocycles. The lowest BCUT2D eigenvalue weighted by Gasteiger charge is -2.26. The van der Waals surface area contributed by atoms with Crippen molar-refractivity contribution in [2.75, 3.05) is 11.9 Å². The third kappa shape index (κ3) is 2.63. The third-order valence-electron chi connectivity index (χ3n) is 3.61. The first-order valence-corrected chi connectivity index (χ1v) is 6.79. The van der Waals surface area contributed by atoms with E-state index in [4.69, 9.17) is 28.9 Å². The molecule has 1 aliphatic rings. The molecule has 3 nitrogen and oxygen atoms in total. The summed E-state index contributed by atoms with van der Waals surface area (Å²) < 4.78 is 0. The van der Waals surface area contributed by atoms with Gasteiger partial charge in [0.05, 0.1) is 16.1 Å². The number of carbonyl (C=O) groups is 1. The predicted octanol–water partition coefficient (Wildman–Crippen LogP) is 3.45. The summed E-state index contributed by atoms with van der Waals surface area (Å²) in [5, 5.41) is 3.86. The average molecular weight is 287 g/mol. The van der Waals surface area contributed by atoms with Gasteiger partial charge in [0, 0.05) is 11.6 Å². The molecule has 0 aromatic heterocycles. The second kappa shape index (κ2) is 5.47. The zero-order valence-corrected chi connectivity index (χ0v) is 11.5. The molecule has 0 atom stereocenters. The molecule has 1 aliphatic carbocycles. The SMILES string of the molecule is NCC1(C(=O)Nc2ccc(Cl)cc2Cl)CCCC1. The first kappa shape index (κ1) is 13.7. The number of benzene rings is 1. The number of hydrogen-bond donors (Lipinski definition) is 2. The van der Waals surface area contributed by atoms with E-state index >= 15 is 0 Å². The van der Waals surface area contributed by atoms with Gasteiger partial charge in [0.1, 0.15) is 0 Å². The van der Waals surface area contributed by atoms with Crippen LogP contribution in [-0.4, -0.2) is 12.5 Å². The summed E-state index contributed by atoms with van der Waals surface area (Å²) >= 11 is 11.9. The normalized spacial score (nSPS) is 17.7. The molecule has 1 fully saturated rings. The molecule has 1 aromatic rings. The van der Waals surface area contributed by atoms with Crippen LogP contribution >= 0.6 is 23.2 Å². The maximum absolute atomic E-state index is 12.3. The molecular formula is C13H16Cl2N2O. The molecule has 1 saturated carbocycles. The quantitative estimate of drug-likeness (QED) is 0.894. The highest BCUT2D eigenvalue weighted by Gasteiger charge is 2.39. The van der Waals surface area contributed by atoms with Crippen molar-refractivity contribution in [1.82, 2.24) is 0 Å². The number of nitrogens with one attached hydrogen (secondary N) is 1. The van der Waals surface area contributed by atoms with E-state index in [0.29, 0.717) is 22.3 Å². The van der Waals surface area contributed by atoms with Crippen molar-refractivity contribution in [2.24, 2.45) is 11.1 Å². The molecule has 2 rings (SSSR count). The van der Waals surface area contributed by atoms with Gasteiger partial charge in [0.15, 0.2) is 0 Å². The fraction of sp³-hybridized carbons (Fsp3) is 0.462. The Morgan fingerprint density at radius 1 is 1.33 bits per heavy atom. The Kier molecular flexibility index (Phi) is 4.15. The molecule has 18 heavy (non-hydrogen) atoms. The Morgan fingerprint density at radius 2 is 2.00 bits per heavy atom. The predicted molar refractivity (Wildman–Crippen MR) is 75.0 cm³/mol. The lowest BCUT2D eigenvalue weighted by Crippen LogP contribution is -2.40. The van der Waals surface area contributed by atoms with E-state index in [2.05, 4.69) is 5.32 Å². The minimum Gasteiger partial charge on any atom is -0.329 e. The van der Waals surface area contributed by atoms with Crippen LogP contribution in [-0.2, 0) is 4.79 Å². The number of nitrogens with two attached hydrogens (primary N) is 1. The number of halogens is 2. The van der Waals surface area contributed by atoms with Gasteiger partial charge < -0.3 is 11.1 Å². The number of carbonyl (C=O) groups excluding carboxylic acids is 1. The van der Waals surface area contributed by atoms with Crippen molar-refractivity contribution < 1.29 is 4.79 Å². The van der Waals surface area contributed by atoms with E-state index < -0.39 is 5.41 Å².